The second-order valence-electron chi connectivity index (χ2n) is 17.8. The maximum atomic E-state index is 13.8. The lowest BCUT2D eigenvalue weighted by molar-refractivity contribution is -0.336. The number of hydrogen-bond acceptors (Lipinski definition) is 12. The number of carbonyl (C=O) groups is 5. The fourth-order valence-corrected chi connectivity index (χ4v) is 12.0. The average molecular weight is 715 g/mol. The number of carbonyl (C=O) groups excluding carboxylic acids is 5. The normalized spacial score (nSPS) is 45.9. The second kappa shape index (κ2) is 11.6. The first-order chi connectivity index (χ1) is 23.5. The van der Waals surface area contributed by atoms with Crippen molar-refractivity contribution in [2.75, 3.05) is 13.7 Å². The summed E-state index contributed by atoms with van der Waals surface area (Å²) in [5.74, 6) is -4.10. The van der Waals surface area contributed by atoms with Crippen molar-refractivity contribution >= 4 is 29.8 Å². The number of rotatable bonds is 5. The van der Waals surface area contributed by atoms with Crippen LogP contribution in [0.3, 0.4) is 0 Å². The Morgan fingerprint density at radius 3 is 2.20 bits per heavy atom. The summed E-state index contributed by atoms with van der Waals surface area (Å²) in [4.78, 5) is 66.0. The van der Waals surface area contributed by atoms with Gasteiger partial charge >= 0.3 is 29.8 Å². The van der Waals surface area contributed by atoms with Gasteiger partial charge in [-0.3, -0.25) is 14.4 Å². The highest BCUT2D eigenvalue weighted by Gasteiger charge is 2.90. The van der Waals surface area contributed by atoms with Crippen LogP contribution in [-0.2, 0) is 52.4 Å². The largest absolute Gasteiger partial charge is 0.467 e. The second-order valence-corrected chi connectivity index (χ2v) is 17.8. The van der Waals surface area contributed by atoms with Crippen molar-refractivity contribution in [3.05, 3.63) is 24.3 Å². The number of aliphatic hydroxyl groups is 1. The number of ether oxygens (including phenoxy) is 6. The minimum atomic E-state index is -1.73. The number of cyclic esters (lactones) is 1. The fraction of sp³-hybridized carbons (Fsp3) is 0.769. The number of epoxide rings is 1. The summed E-state index contributed by atoms with van der Waals surface area (Å²) in [7, 11) is 1.24. The highest BCUT2D eigenvalue weighted by atomic mass is 16.7. The lowest BCUT2D eigenvalue weighted by Crippen LogP contribution is -2.82. The van der Waals surface area contributed by atoms with Crippen molar-refractivity contribution in [3.8, 4) is 0 Å². The van der Waals surface area contributed by atoms with Crippen LogP contribution in [0.25, 0.3) is 0 Å². The van der Waals surface area contributed by atoms with Crippen LogP contribution in [0.15, 0.2) is 24.3 Å². The van der Waals surface area contributed by atoms with Gasteiger partial charge in [0.05, 0.1) is 23.5 Å². The number of esters is 5. The highest BCUT2D eigenvalue weighted by Crippen LogP contribution is 2.78. The maximum absolute atomic E-state index is 13.8. The van der Waals surface area contributed by atoms with Crippen molar-refractivity contribution in [2.24, 2.45) is 44.8 Å². The van der Waals surface area contributed by atoms with Gasteiger partial charge < -0.3 is 33.5 Å². The van der Waals surface area contributed by atoms with Gasteiger partial charge in [-0.05, 0) is 89.0 Å². The molecule has 2 aliphatic heterocycles. The van der Waals surface area contributed by atoms with Gasteiger partial charge in [0, 0.05) is 37.2 Å². The average Bonchev–Trinajstić information content (AvgIpc) is 3.82. The molecule has 0 aromatic heterocycles. The van der Waals surface area contributed by atoms with E-state index < -0.39 is 92.5 Å². The summed E-state index contributed by atoms with van der Waals surface area (Å²) >= 11 is 0. The molecule has 51 heavy (non-hydrogen) atoms. The topological polar surface area (TPSA) is 164 Å². The molecule has 0 amide bonds. The van der Waals surface area contributed by atoms with Gasteiger partial charge in [-0.15, -0.1) is 0 Å². The molecule has 12 heteroatoms. The molecule has 0 bridgehead atoms. The molecule has 0 aromatic rings. The van der Waals surface area contributed by atoms with Gasteiger partial charge in [0.2, 0.25) is 5.60 Å². The minimum absolute atomic E-state index is 0.0379. The minimum Gasteiger partial charge on any atom is -0.467 e. The molecule has 282 valence electrons. The first kappa shape index (κ1) is 37.5. The SMILES string of the molecule is C=C1C[C@@]2(O)C3CC[C@]4(C)C(CC[C@@]5(C(C)OC(=O)C(C)(C)C)COC(=O)C=C[C@H]54)[C@@]3(C)[C@H](OC(C)=O)[C@H](OC(C)=O)[C@@]2(C)[C@]2(C(=O)OC)O[C@H]12. The third-order valence-corrected chi connectivity index (χ3v) is 14.4. The molecule has 0 spiro atoms. The van der Waals surface area contributed by atoms with Crippen molar-refractivity contribution in [1.29, 1.82) is 0 Å². The molecule has 3 unspecified atom stereocenters. The Morgan fingerprint density at radius 2 is 1.61 bits per heavy atom. The van der Waals surface area contributed by atoms with Crippen LogP contribution in [0.5, 0.6) is 0 Å². The number of methoxy groups -OCH3 is 1. The zero-order chi connectivity index (χ0) is 37.9. The van der Waals surface area contributed by atoms with Crippen LogP contribution in [-0.4, -0.2) is 84.3 Å². The quantitative estimate of drug-likeness (QED) is 0.185. The van der Waals surface area contributed by atoms with Crippen molar-refractivity contribution in [2.45, 2.75) is 130 Å². The van der Waals surface area contributed by atoms with Crippen LogP contribution < -0.4 is 0 Å². The van der Waals surface area contributed by atoms with Gasteiger partial charge in [-0.25, -0.2) is 9.59 Å². The predicted octanol–water partition coefficient (Wildman–Crippen LogP) is 4.40. The van der Waals surface area contributed by atoms with E-state index >= 15 is 0 Å². The molecule has 13 atom stereocenters. The van der Waals surface area contributed by atoms with E-state index in [0.717, 1.165) is 0 Å². The molecule has 5 fully saturated rings. The predicted molar refractivity (Wildman–Crippen MR) is 180 cm³/mol. The Kier molecular flexibility index (Phi) is 8.55. The summed E-state index contributed by atoms with van der Waals surface area (Å²) < 4.78 is 35.9. The molecular formula is C39H54O12. The van der Waals surface area contributed by atoms with Crippen molar-refractivity contribution < 1.29 is 57.5 Å². The molecule has 4 saturated carbocycles. The lowest BCUT2D eigenvalue weighted by atomic mass is 9.32. The van der Waals surface area contributed by atoms with Gasteiger partial charge in [-0.2, -0.15) is 0 Å². The van der Waals surface area contributed by atoms with Gasteiger partial charge in [0.1, 0.15) is 24.9 Å². The smallest absolute Gasteiger partial charge is 0.342 e. The zero-order valence-corrected chi connectivity index (χ0v) is 31.6. The highest BCUT2D eigenvalue weighted by molar-refractivity contribution is 5.87. The van der Waals surface area contributed by atoms with Crippen LogP contribution in [0.4, 0.5) is 0 Å². The first-order valence-corrected chi connectivity index (χ1v) is 18.1. The number of fused-ring (bicyclic) bond motifs is 9. The summed E-state index contributed by atoms with van der Waals surface area (Å²) in [6, 6.07) is 0. The van der Waals surface area contributed by atoms with Crippen molar-refractivity contribution in [1.82, 2.24) is 0 Å². The Bertz CT molecular complexity index is 1590. The standard InChI is InChI=1S/C39H54O12/c1-20-18-38(45)26-14-16-34(8)24(15-17-37(19-47-27(42)13-12-25(34)37)21(2)48-31(43)33(5,6)7)35(26,9)29(49-22(3)40)30(50-23(4)41)36(38,10)39(28(20)51-39)32(44)46-11/h12-13,21,24-26,28-30,45H,1,14-19H2,2-11H3/t21?,24?,25-,26?,28+,29+,30-,34+,35+,36+,37-,38+,39-/m0/s1. The van der Waals surface area contributed by atoms with E-state index in [1.807, 2.05) is 19.9 Å². The fourth-order valence-electron chi connectivity index (χ4n) is 12.0. The molecular weight excluding hydrogens is 660 g/mol. The zero-order valence-electron chi connectivity index (χ0n) is 31.6. The van der Waals surface area contributed by atoms with Crippen LogP contribution in [0, 0.1) is 44.8 Å². The van der Waals surface area contributed by atoms with Gasteiger partial charge in [-0.1, -0.05) is 26.5 Å². The summed E-state index contributed by atoms with van der Waals surface area (Å²) in [6.45, 7) is 19.9. The van der Waals surface area contributed by atoms with E-state index in [2.05, 4.69) is 13.5 Å². The van der Waals surface area contributed by atoms with Crippen LogP contribution in [0.1, 0.15) is 94.4 Å². The molecule has 0 aromatic carbocycles. The number of allylic oxidation sites excluding steroid dienone is 1. The molecule has 4 aliphatic carbocycles. The molecule has 2 heterocycles. The van der Waals surface area contributed by atoms with Gasteiger partial charge in [0.25, 0.3) is 0 Å². The van der Waals surface area contributed by atoms with E-state index in [1.165, 1.54) is 27.0 Å². The Labute approximate surface area is 299 Å². The molecule has 1 N–H and O–H groups in total. The number of hydrogen-bond donors (Lipinski definition) is 1. The summed E-state index contributed by atoms with van der Waals surface area (Å²) in [6.07, 6.45) is 1.51. The molecule has 1 saturated heterocycles. The van der Waals surface area contributed by atoms with Crippen LogP contribution >= 0.6 is 0 Å². The van der Waals surface area contributed by atoms with E-state index in [-0.39, 0.29) is 30.8 Å². The summed E-state index contributed by atoms with van der Waals surface area (Å²) in [5, 5.41) is 13.4. The first-order valence-electron chi connectivity index (χ1n) is 18.1. The van der Waals surface area contributed by atoms with E-state index in [4.69, 9.17) is 28.4 Å². The van der Waals surface area contributed by atoms with Gasteiger partial charge in [0.15, 0.2) is 6.10 Å². The molecule has 6 aliphatic rings. The molecule has 6 rings (SSSR count). The van der Waals surface area contributed by atoms with E-state index in [1.54, 1.807) is 27.7 Å². The van der Waals surface area contributed by atoms with Crippen molar-refractivity contribution in [3.63, 3.8) is 0 Å². The molecule has 12 nitrogen and oxygen atoms in total. The van der Waals surface area contributed by atoms with E-state index in [9.17, 15) is 29.1 Å². The Morgan fingerprint density at radius 1 is 1.00 bits per heavy atom. The molecule has 0 radical (unpaired) electrons. The Balaban J connectivity index is 1.55. The monoisotopic (exact) mass is 714 g/mol. The Hall–Kier alpha value is -3.25. The van der Waals surface area contributed by atoms with Crippen LogP contribution in [0.2, 0.25) is 0 Å². The van der Waals surface area contributed by atoms with E-state index in [0.29, 0.717) is 31.3 Å². The maximum Gasteiger partial charge on any atom is 0.342 e. The third-order valence-electron chi connectivity index (χ3n) is 14.4. The summed E-state index contributed by atoms with van der Waals surface area (Å²) in [5.41, 5.74) is -7.75. The third kappa shape index (κ3) is 4.79. The lowest BCUT2D eigenvalue weighted by Gasteiger charge is -2.73.